The Morgan fingerprint density at radius 2 is 2.11 bits per heavy atom. The molecule has 1 aliphatic carbocycles. The molecule has 0 amide bonds. The Labute approximate surface area is 118 Å². The number of ether oxygens (including phenoxy) is 1. The molecule has 0 saturated heterocycles. The average molecular weight is 281 g/mol. The highest BCUT2D eigenvalue weighted by molar-refractivity contribution is 7.80. The third-order valence-electron chi connectivity index (χ3n) is 3.84. The monoisotopic (exact) mass is 281 g/mol. The maximum Gasteiger partial charge on any atom is 0.311 e. The molecule has 0 aliphatic heterocycles. The first-order valence-electron chi connectivity index (χ1n) is 6.55. The molecule has 19 heavy (non-hydrogen) atoms. The van der Waals surface area contributed by atoms with Gasteiger partial charge in [0.1, 0.15) is 0 Å². The van der Waals surface area contributed by atoms with Gasteiger partial charge < -0.3 is 4.74 Å². The van der Waals surface area contributed by atoms with Crippen molar-refractivity contribution in [1.29, 1.82) is 0 Å². The van der Waals surface area contributed by atoms with Gasteiger partial charge >= 0.3 is 5.69 Å². The third-order valence-corrected chi connectivity index (χ3v) is 4.52. The number of nitro groups is 1. The van der Waals surface area contributed by atoms with Gasteiger partial charge in [-0.25, -0.2) is 0 Å². The van der Waals surface area contributed by atoms with E-state index in [4.69, 9.17) is 4.74 Å². The van der Waals surface area contributed by atoms with Gasteiger partial charge in [0, 0.05) is 11.5 Å². The van der Waals surface area contributed by atoms with Gasteiger partial charge in [0.25, 0.3) is 0 Å². The quantitative estimate of drug-likeness (QED) is 0.508. The van der Waals surface area contributed by atoms with Crippen molar-refractivity contribution < 1.29 is 9.66 Å². The zero-order valence-electron chi connectivity index (χ0n) is 11.1. The topological polar surface area (TPSA) is 52.4 Å². The fourth-order valence-electron chi connectivity index (χ4n) is 2.60. The second-order valence-electron chi connectivity index (χ2n) is 5.38. The number of nitrogens with zero attached hydrogens (tertiary/aromatic N) is 1. The summed E-state index contributed by atoms with van der Waals surface area (Å²) in [6.07, 6.45) is 4.58. The number of aryl methyl sites for hydroxylation is 1. The summed E-state index contributed by atoms with van der Waals surface area (Å²) in [7, 11) is 0. The van der Waals surface area contributed by atoms with Crippen LogP contribution < -0.4 is 4.74 Å². The fraction of sp³-hybridized carbons (Fsp3) is 0.571. The summed E-state index contributed by atoms with van der Waals surface area (Å²) in [5, 5.41) is 11.0. The number of nitro benzene ring substituents is 1. The maximum absolute atomic E-state index is 11.0. The summed E-state index contributed by atoms with van der Waals surface area (Å²) in [5.41, 5.74) is 0.998. The van der Waals surface area contributed by atoms with Crippen molar-refractivity contribution in [3.05, 3.63) is 33.9 Å². The highest BCUT2D eigenvalue weighted by atomic mass is 32.1. The Balaban J connectivity index is 2.13. The van der Waals surface area contributed by atoms with E-state index in [1.54, 1.807) is 12.1 Å². The summed E-state index contributed by atoms with van der Waals surface area (Å²) in [6.45, 7) is 2.35. The van der Waals surface area contributed by atoms with E-state index in [-0.39, 0.29) is 16.0 Å². The van der Waals surface area contributed by atoms with Crippen LogP contribution >= 0.6 is 12.6 Å². The molecule has 1 aromatic rings. The van der Waals surface area contributed by atoms with Gasteiger partial charge in [-0.3, -0.25) is 10.1 Å². The van der Waals surface area contributed by atoms with Crippen molar-refractivity contribution in [1.82, 2.24) is 0 Å². The predicted molar refractivity (Wildman–Crippen MR) is 78.1 cm³/mol. The second-order valence-corrected chi connectivity index (χ2v) is 5.70. The fourth-order valence-corrected chi connectivity index (χ4v) is 3.00. The Morgan fingerprint density at radius 1 is 1.42 bits per heavy atom. The molecule has 2 rings (SSSR count). The summed E-state index contributed by atoms with van der Waals surface area (Å²) < 4.78 is 5.74. The first-order chi connectivity index (χ1) is 9.06. The van der Waals surface area contributed by atoms with Crippen LogP contribution in [0.25, 0.3) is 0 Å². The van der Waals surface area contributed by atoms with Crippen LogP contribution in [0.5, 0.6) is 5.75 Å². The maximum atomic E-state index is 11.0. The van der Waals surface area contributed by atoms with Gasteiger partial charge in [-0.1, -0.05) is 18.9 Å². The molecule has 0 spiro atoms. The number of hydrogen-bond acceptors (Lipinski definition) is 4. The minimum atomic E-state index is -0.385. The van der Waals surface area contributed by atoms with Crippen LogP contribution in [-0.4, -0.2) is 17.3 Å². The summed E-state index contributed by atoms with van der Waals surface area (Å²) in [6, 6.07) is 5.08. The van der Waals surface area contributed by atoms with E-state index in [9.17, 15) is 10.1 Å². The molecule has 1 saturated carbocycles. The summed E-state index contributed by atoms with van der Waals surface area (Å²) in [4.78, 5) is 10.6. The van der Waals surface area contributed by atoms with E-state index < -0.39 is 0 Å². The van der Waals surface area contributed by atoms with E-state index in [2.05, 4.69) is 12.6 Å². The first kappa shape index (κ1) is 14.2. The lowest BCUT2D eigenvalue weighted by Crippen LogP contribution is -2.27. The lowest BCUT2D eigenvalue weighted by molar-refractivity contribution is -0.386. The second kappa shape index (κ2) is 5.82. The van der Waals surface area contributed by atoms with E-state index in [1.165, 1.54) is 12.8 Å². The molecule has 4 nitrogen and oxygen atoms in total. The number of rotatable bonds is 5. The van der Waals surface area contributed by atoms with Crippen LogP contribution in [-0.2, 0) is 0 Å². The highest BCUT2D eigenvalue weighted by Crippen LogP contribution is 2.40. The standard InChI is InChI=1S/C14H19NO3S/c1-11-4-5-13(12(8-11)15(16)17)18-9-14(10-19)6-2-3-7-14/h4-5,8,19H,2-3,6-7,9-10H2,1H3. The Kier molecular flexibility index (Phi) is 4.34. The van der Waals surface area contributed by atoms with E-state index in [0.29, 0.717) is 12.4 Å². The van der Waals surface area contributed by atoms with Gasteiger partial charge in [-0.05, 0) is 37.1 Å². The van der Waals surface area contributed by atoms with Crippen molar-refractivity contribution in [2.24, 2.45) is 5.41 Å². The zero-order chi connectivity index (χ0) is 13.9. The van der Waals surface area contributed by atoms with E-state index in [0.717, 1.165) is 24.2 Å². The molecule has 0 bridgehead atoms. The van der Waals surface area contributed by atoms with Crippen molar-refractivity contribution in [2.45, 2.75) is 32.6 Å². The van der Waals surface area contributed by atoms with Crippen LogP contribution in [0.2, 0.25) is 0 Å². The predicted octanol–water partition coefficient (Wildman–Crippen LogP) is 3.77. The van der Waals surface area contributed by atoms with Crippen LogP contribution in [0, 0.1) is 22.5 Å². The van der Waals surface area contributed by atoms with Gasteiger partial charge in [0.05, 0.1) is 11.5 Å². The number of hydrogen-bond donors (Lipinski definition) is 1. The molecule has 5 heteroatoms. The average Bonchev–Trinajstić information content (AvgIpc) is 2.86. The summed E-state index contributed by atoms with van der Waals surface area (Å²) in [5.74, 6) is 1.13. The lowest BCUT2D eigenvalue weighted by Gasteiger charge is -2.26. The molecule has 0 aromatic heterocycles. The van der Waals surface area contributed by atoms with Gasteiger partial charge in [0.2, 0.25) is 0 Å². The molecular formula is C14H19NO3S. The largest absolute Gasteiger partial charge is 0.486 e. The molecule has 0 heterocycles. The minimum absolute atomic E-state index is 0.0484. The molecule has 1 fully saturated rings. The molecule has 0 N–H and O–H groups in total. The van der Waals surface area contributed by atoms with Gasteiger partial charge in [-0.15, -0.1) is 0 Å². The first-order valence-corrected chi connectivity index (χ1v) is 7.18. The van der Waals surface area contributed by atoms with Gasteiger partial charge in [0.15, 0.2) is 5.75 Å². The number of thiol groups is 1. The van der Waals surface area contributed by atoms with Crippen LogP contribution in [0.4, 0.5) is 5.69 Å². The molecular weight excluding hydrogens is 262 g/mol. The number of benzene rings is 1. The highest BCUT2D eigenvalue weighted by Gasteiger charge is 2.34. The smallest absolute Gasteiger partial charge is 0.311 e. The van der Waals surface area contributed by atoms with Gasteiger partial charge in [-0.2, -0.15) is 12.6 Å². The van der Waals surface area contributed by atoms with Crippen molar-refractivity contribution >= 4 is 18.3 Å². The van der Waals surface area contributed by atoms with E-state index in [1.807, 2.05) is 13.0 Å². The molecule has 0 radical (unpaired) electrons. The van der Waals surface area contributed by atoms with Crippen molar-refractivity contribution in [2.75, 3.05) is 12.4 Å². The molecule has 0 atom stereocenters. The zero-order valence-corrected chi connectivity index (χ0v) is 12.0. The Bertz CT molecular complexity index is 470. The van der Waals surface area contributed by atoms with Crippen molar-refractivity contribution in [3.63, 3.8) is 0 Å². The molecule has 1 aromatic carbocycles. The van der Waals surface area contributed by atoms with Crippen LogP contribution in [0.1, 0.15) is 31.2 Å². The molecule has 1 aliphatic rings. The molecule has 104 valence electrons. The van der Waals surface area contributed by atoms with E-state index >= 15 is 0 Å². The SMILES string of the molecule is Cc1ccc(OCC2(CS)CCCC2)c([N+](=O)[O-])c1. The lowest BCUT2D eigenvalue weighted by atomic mass is 9.90. The third kappa shape index (κ3) is 3.21. The summed E-state index contributed by atoms with van der Waals surface area (Å²) >= 11 is 4.42. The van der Waals surface area contributed by atoms with Crippen molar-refractivity contribution in [3.8, 4) is 5.75 Å². The Hall–Kier alpha value is -1.23. The normalized spacial score (nSPS) is 17.4. The minimum Gasteiger partial charge on any atom is -0.486 e. The Morgan fingerprint density at radius 3 is 2.68 bits per heavy atom. The van der Waals surface area contributed by atoms with Crippen LogP contribution in [0.15, 0.2) is 18.2 Å². The molecule has 0 unspecified atom stereocenters. The van der Waals surface area contributed by atoms with Crippen LogP contribution in [0.3, 0.4) is 0 Å².